The molecule has 0 saturated carbocycles. The number of amides is 1. The van der Waals surface area contributed by atoms with Crippen LogP contribution in [-0.4, -0.2) is 34.7 Å². The van der Waals surface area contributed by atoms with Gasteiger partial charge in [-0.05, 0) is 39.0 Å². The molecule has 5 nitrogen and oxygen atoms in total. The van der Waals surface area contributed by atoms with Gasteiger partial charge in [-0.15, -0.1) is 0 Å². The molecule has 1 aromatic heterocycles. The zero-order valence-electron chi connectivity index (χ0n) is 13.2. The van der Waals surface area contributed by atoms with E-state index in [1.807, 2.05) is 23.1 Å². The second kappa shape index (κ2) is 5.40. The molecule has 0 saturated heterocycles. The summed E-state index contributed by atoms with van der Waals surface area (Å²) in [4.78, 5) is 16.9. The van der Waals surface area contributed by atoms with Crippen LogP contribution in [0.25, 0.3) is 0 Å². The van der Waals surface area contributed by atoms with Crippen molar-refractivity contribution in [2.24, 2.45) is 0 Å². The van der Waals surface area contributed by atoms with Gasteiger partial charge >= 0.3 is 0 Å². The minimum absolute atomic E-state index is 0.0173. The van der Waals surface area contributed by atoms with Gasteiger partial charge < -0.3 is 9.80 Å². The number of para-hydroxylation sites is 2. The fourth-order valence-corrected chi connectivity index (χ4v) is 2.84. The Morgan fingerprint density at radius 3 is 2.41 bits per heavy atom. The molecular formula is C17H20N4O. The molecule has 0 fully saturated rings. The predicted molar refractivity (Wildman–Crippen MR) is 87.2 cm³/mol. The van der Waals surface area contributed by atoms with E-state index >= 15 is 0 Å². The standard InChI is InChI=1S/C17H20N4O/c1-17(2,3)21-11-10-20(14-6-4-5-7-15(14)21)16(22)13-8-9-18-19-12-13/h4-9,12H,10-11H2,1-3H3. The summed E-state index contributed by atoms with van der Waals surface area (Å²) in [5.74, 6) is -0.0316. The van der Waals surface area contributed by atoms with E-state index in [0.29, 0.717) is 12.1 Å². The molecule has 0 spiro atoms. The molecule has 1 amide bonds. The highest BCUT2D eigenvalue weighted by molar-refractivity contribution is 6.08. The largest absolute Gasteiger partial charge is 0.363 e. The van der Waals surface area contributed by atoms with Gasteiger partial charge in [0.2, 0.25) is 0 Å². The van der Waals surface area contributed by atoms with Crippen molar-refractivity contribution in [2.75, 3.05) is 22.9 Å². The number of carbonyl (C=O) groups excluding carboxylic acids is 1. The Balaban J connectivity index is 2.00. The first-order chi connectivity index (χ1) is 10.5. The molecule has 1 aliphatic heterocycles. The van der Waals surface area contributed by atoms with Gasteiger partial charge in [-0.3, -0.25) is 4.79 Å². The zero-order chi connectivity index (χ0) is 15.7. The number of fused-ring (bicyclic) bond motifs is 1. The first-order valence-corrected chi connectivity index (χ1v) is 7.44. The molecule has 0 atom stereocenters. The lowest BCUT2D eigenvalue weighted by molar-refractivity contribution is 0.0985. The van der Waals surface area contributed by atoms with Gasteiger partial charge in [0.15, 0.2) is 0 Å². The Kier molecular flexibility index (Phi) is 3.56. The molecule has 1 aliphatic rings. The number of rotatable bonds is 1. The van der Waals surface area contributed by atoms with Gasteiger partial charge in [-0.2, -0.15) is 10.2 Å². The van der Waals surface area contributed by atoms with E-state index in [-0.39, 0.29) is 11.4 Å². The average Bonchev–Trinajstić information content (AvgIpc) is 2.53. The van der Waals surface area contributed by atoms with Crippen molar-refractivity contribution in [3.63, 3.8) is 0 Å². The normalized spacial score (nSPS) is 14.7. The van der Waals surface area contributed by atoms with Crippen LogP contribution in [0, 0.1) is 0 Å². The van der Waals surface area contributed by atoms with Crippen LogP contribution in [-0.2, 0) is 0 Å². The fraction of sp³-hybridized carbons (Fsp3) is 0.353. The number of aromatic nitrogens is 2. The lowest BCUT2D eigenvalue weighted by Crippen LogP contribution is -2.51. The third kappa shape index (κ3) is 2.54. The van der Waals surface area contributed by atoms with Gasteiger partial charge in [-0.1, -0.05) is 12.1 Å². The van der Waals surface area contributed by atoms with Crippen LogP contribution < -0.4 is 9.80 Å². The highest BCUT2D eigenvalue weighted by atomic mass is 16.2. The third-order valence-electron chi connectivity index (χ3n) is 3.90. The molecule has 0 bridgehead atoms. The molecule has 1 aromatic carbocycles. The lowest BCUT2D eigenvalue weighted by Gasteiger charge is -2.44. The molecule has 22 heavy (non-hydrogen) atoms. The highest BCUT2D eigenvalue weighted by Gasteiger charge is 2.32. The van der Waals surface area contributed by atoms with Gasteiger partial charge in [0.1, 0.15) is 0 Å². The predicted octanol–water partition coefficient (Wildman–Crippen LogP) is 2.74. The van der Waals surface area contributed by atoms with Crippen molar-refractivity contribution < 1.29 is 4.79 Å². The summed E-state index contributed by atoms with van der Waals surface area (Å²) in [5, 5.41) is 7.54. The molecule has 0 radical (unpaired) electrons. The summed E-state index contributed by atoms with van der Waals surface area (Å²) in [5.41, 5.74) is 2.62. The summed E-state index contributed by atoms with van der Waals surface area (Å²) in [7, 11) is 0. The minimum Gasteiger partial charge on any atom is -0.363 e. The van der Waals surface area contributed by atoms with Crippen molar-refractivity contribution in [3.05, 3.63) is 48.3 Å². The van der Waals surface area contributed by atoms with Gasteiger partial charge in [0, 0.05) is 18.6 Å². The van der Waals surface area contributed by atoms with Crippen LogP contribution in [0.5, 0.6) is 0 Å². The van der Waals surface area contributed by atoms with Gasteiger partial charge in [0.25, 0.3) is 5.91 Å². The Bertz CT molecular complexity index is 679. The number of anilines is 2. The number of hydrogen-bond acceptors (Lipinski definition) is 4. The van der Waals surface area contributed by atoms with Crippen LogP contribution in [0.2, 0.25) is 0 Å². The van der Waals surface area contributed by atoms with Crippen LogP contribution in [0.3, 0.4) is 0 Å². The summed E-state index contributed by atoms with van der Waals surface area (Å²) >= 11 is 0. The maximum Gasteiger partial charge on any atom is 0.260 e. The fourth-order valence-electron chi connectivity index (χ4n) is 2.84. The Morgan fingerprint density at radius 2 is 1.77 bits per heavy atom. The first-order valence-electron chi connectivity index (χ1n) is 7.44. The molecule has 0 aliphatic carbocycles. The summed E-state index contributed by atoms with van der Waals surface area (Å²) in [6.45, 7) is 8.04. The van der Waals surface area contributed by atoms with E-state index in [1.54, 1.807) is 12.3 Å². The van der Waals surface area contributed by atoms with Crippen LogP contribution in [0.15, 0.2) is 42.7 Å². The van der Waals surface area contributed by atoms with Gasteiger partial charge in [0.05, 0.1) is 29.3 Å². The second-order valence-corrected chi connectivity index (χ2v) is 6.40. The van der Waals surface area contributed by atoms with E-state index < -0.39 is 0 Å². The second-order valence-electron chi connectivity index (χ2n) is 6.40. The summed E-state index contributed by atoms with van der Waals surface area (Å²) in [6, 6.07) is 9.76. The molecule has 2 aromatic rings. The van der Waals surface area contributed by atoms with Crippen molar-refractivity contribution in [1.29, 1.82) is 0 Å². The van der Waals surface area contributed by atoms with Gasteiger partial charge in [-0.25, -0.2) is 0 Å². The molecule has 3 rings (SSSR count). The van der Waals surface area contributed by atoms with E-state index in [9.17, 15) is 4.79 Å². The number of nitrogens with zero attached hydrogens (tertiary/aromatic N) is 4. The smallest absolute Gasteiger partial charge is 0.260 e. The Hall–Kier alpha value is -2.43. The minimum atomic E-state index is -0.0316. The van der Waals surface area contributed by atoms with E-state index in [0.717, 1.165) is 17.9 Å². The van der Waals surface area contributed by atoms with Crippen LogP contribution in [0.4, 0.5) is 11.4 Å². The third-order valence-corrected chi connectivity index (χ3v) is 3.90. The van der Waals surface area contributed by atoms with Crippen molar-refractivity contribution in [3.8, 4) is 0 Å². The number of carbonyl (C=O) groups is 1. The van der Waals surface area contributed by atoms with Crippen molar-refractivity contribution in [2.45, 2.75) is 26.3 Å². The average molecular weight is 296 g/mol. The zero-order valence-corrected chi connectivity index (χ0v) is 13.2. The monoisotopic (exact) mass is 296 g/mol. The van der Waals surface area contributed by atoms with Crippen LogP contribution in [0.1, 0.15) is 31.1 Å². The van der Waals surface area contributed by atoms with E-state index in [1.165, 1.54) is 6.20 Å². The summed E-state index contributed by atoms with van der Waals surface area (Å²) in [6.07, 6.45) is 3.06. The molecular weight excluding hydrogens is 276 g/mol. The first kappa shape index (κ1) is 14.5. The van der Waals surface area contributed by atoms with Crippen molar-refractivity contribution in [1.82, 2.24) is 10.2 Å². The Labute approximate surface area is 130 Å². The van der Waals surface area contributed by atoms with E-state index in [4.69, 9.17) is 0 Å². The lowest BCUT2D eigenvalue weighted by atomic mass is 10.0. The summed E-state index contributed by atoms with van der Waals surface area (Å²) < 4.78 is 0. The SMILES string of the molecule is CC(C)(C)N1CCN(C(=O)c2ccnnc2)c2ccccc21. The maximum atomic E-state index is 12.8. The number of hydrogen-bond donors (Lipinski definition) is 0. The highest BCUT2D eigenvalue weighted by Crippen LogP contribution is 2.37. The number of benzene rings is 1. The topological polar surface area (TPSA) is 49.3 Å². The molecule has 0 N–H and O–H groups in total. The molecule has 5 heteroatoms. The maximum absolute atomic E-state index is 12.8. The van der Waals surface area contributed by atoms with Crippen molar-refractivity contribution >= 4 is 17.3 Å². The Morgan fingerprint density at radius 1 is 1.05 bits per heavy atom. The molecule has 0 unspecified atom stereocenters. The van der Waals surface area contributed by atoms with E-state index in [2.05, 4.69) is 41.9 Å². The molecule has 2 heterocycles. The van der Waals surface area contributed by atoms with Crippen LogP contribution >= 0.6 is 0 Å². The quantitative estimate of drug-likeness (QED) is 0.812. The molecule has 114 valence electrons.